The highest BCUT2D eigenvalue weighted by atomic mass is 16.1. The fraction of sp³-hybridized carbons (Fsp3) is 0.714. The summed E-state index contributed by atoms with van der Waals surface area (Å²) in [6, 6.07) is 0. The van der Waals surface area contributed by atoms with E-state index in [1.165, 1.54) is 0 Å². The van der Waals surface area contributed by atoms with E-state index in [9.17, 15) is 4.79 Å². The predicted octanol–water partition coefficient (Wildman–Crippen LogP) is 0.0720. The Hall–Kier alpha value is -1.10. The van der Waals surface area contributed by atoms with Crippen molar-refractivity contribution in [2.24, 2.45) is 5.73 Å². The first-order valence-electron chi connectivity index (χ1n) is 4.06. The number of H-pyrrole nitrogens is 2. The highest BCUT2D eigenvalue weighted by Crippen LogP contribution is 2.20. The van der Waals surface area contributed by atoms with Crippen molar-refractivity contribution in [3.05, 3.63) is 16.3 Å². The molecule has 0 amide bonds. The zero-order chi connectivity index (χ0) is 9.19. The molecule has 1 aromatic heterocycles. The Labute approximate surface area is 70.4 Å². The molecule has 0 saturated heterocycles. The summed E-state index contributed by atoms with van der Waals surface area (Å²) >= 11 is 0. The van der Waals surface area contributed by atoms with Crippen LogP contribution in [0.3, 0.4) is 0 Å². The van der Waals surface area contributed by atoms with Gasteiger partial charge in [0.15, 0.2) is 5.82 Å². The lowest BCUT2D eigenvalue weighted by Crippen LogP contribution is -2.36. The second-order valence-electron chi connectivity index (χ2n) is 2.89. The van der Waals surface area contributed by atoms with E-state index >= 15 is 0 Å². The Morgan fingerprint density at radius 1 is 1.50 bits per heavy atom. The Balaban J connectivity index is 3.02. The number of hydrogen-bond acceptors (Lipinski definition) is 3. The maximum Gasteiger partial charge on any atom is 0.340 e. The van der Waals surface area contributed by atoms with Gasteiger partial charge in [0.2, 0.25) is 0 Å². The summed E-state index contributed by atoms with van der Waals surface area (Å²) < 4.78 is 0. The van der Waals surface area contributed by atoms with Crippen molar-refractivity contribution in [3.63, 3.8) is 0 Å². The monoisotopic (exact) mass is 170 g/mol. The van der Waals surface area contributed by atoms with Crippen LogP contribution in [-0.2, 0) is 5.54 Å². The molecule has 0 radical (unpaired) electrons. The van der Waals surface area contributed by atoms with E-state index in [1.54, 1.807) is 0 Å². The molecule has 0 aliphatic carbocycles. The van der Waals surface area contributed by atoms with Gasteiger partial charge in [-0.15, -0.1) is 0 Å². The van der Waals surface area contributed by atoms with Gasteiger partial charge in [-0.3, -0.25) is 4.98 Å². The van der Waals surface area contributed by atoms with Gasteiger partial charge in [-0.1, -0.05) is 13.8 Å². The molecule has 4 N–H and O–H groups in total. The second-order valence-corrected chi connectivity index (χ2v) is 2.89. The molecular weight excluding hydrogens is 156 g/mol. The molecule has 0 aliphatic rings. The van der Waals surface area contributed by atoms with E-state index in [4.69, 9.17) is 5.73 Å². The van der Waals surface area contributed by atoms with Gasteiger partial charge in [-0.25, -0.2) is 9.89 Å². The van der Waals surface area contributed by atoms with Crippen molar-refractivity contribution in [3.8, 4) is 0 Å². The maximum atomic E-state index is 10.7. The fourth-order valence-electron chi connectivity index (χ4n) is 1.09. The van der Waals surface area contributed by atoms with Crippen LogP contribution in [0.15, 0.2) is 4.79 Å². The summed E-state index contributed by atoms with van der Waals surface area (Å²) in [6.07, 6.45) is 1.51. The minimum atomic E-state index is -0.501. The highest BCUT2D eigenvalue weighted by molar-refractivity contribution is 5.01. The number of aromatic nitrogens is 3. The first-order valence-corrected chi connectivity index (χ1v) is 4.06. The van der Waals surface area contributed by atoms with E-state index < -0.39 is 5.54 Å². The molecule has 0 atom stereocenters. The van der Waals surface area contributed by atoms with Gasteiger partial charge >= 0.3 is 5.69 Å². The normalized spacial score (nSPS) is 11.9. The van der Waals surface area contributed by atoms with E-state index in [-0.39, 0.29) is 5.69 Å². The zero-order valence-corrected chi connectivity index (χ0v) is 7.35. The quantitative estimate of drug-likeness (QED) is 0.600. The van der Waals surface area contributed by atoms with Gasteiger partial charge in [0.25, 0.3) is 0 Å². The molecule has 0 spiro atoms. The molecule has 5 heteroatoms. The van der Waals surface area contributed by atoms with Crippen molar-refractivity contribution < 1.29 is 0 Å². The summed E-state index contributed by atoms with van der Waals surface area (Å²) in [5.41, 5.74) is 5.17. The predicted molar refractivity (Wildman–Crippen MR) is 45.7 cm³/mol. The lowest BCUT2D eigenvalue weighted by Gasteiger charge is -2.22. The third-order valence-corrected chi connectivity index (χ3v) is 2.23. The van der Waals surface area contributed by atoms with E-state index in [0.717, 1.165) is 12.8 Å². The second kappa shape index (κ2) is 3.10. The van der Waals surface area contributed by atoms with Crippen LogP contribution in [0, 0.1) is 0 Å². The summed E-state index contributed by atoms with van der Waals surface area (Å²) in [5.74, 6) is 0.539. The molecule has 0 saturated carbocycles. The SMILES string of the molecule is CCC(N)(CC)c1n[nH]c(=O)[nH]1. The molecule has 0 unspecified atom stereocenters. The van der Waals surface area contributed by atoms with Crippen LogP contribution in [0.25, 0.3) is 0 Å². The first-order chi connectivity index (χ1) is 5.62. The third-order valence-electron chi connectivity index (χ3n) is 2.23. The Kier molecular flexibility index (Phi) is 2.32. The van der Waals surface area contributed by atoms with Crippen LogP contribution in [0.5, 0.6) is 0 Å². The average molecular weight is 170 g/mol. The van der Waals surface area contributed by atoms with Gasteiger partial charge in [0.1, 0.15) is 0 Å². The molecule has 0 bridgehead atoms. The molecule has 12 heavy (non-hydrogen) atoms. The molecule has 1 rings (SSSR count). The van der Waals surface area contributed by atoms with Crippen LogP contribution in [0.4, 0.5) is 0 Å². The molecule has 0 aliphatic heterocycles. The largest absolute Gasteiger partial charge is 0.340 e. The van der Waals surface area contributed by atoms with E-state index in [1.807, 2.05) is 13.8 Å². The Morgan fingerprint density at radius 3 is 2.42 bits per heavy atom. The zero-order valence-electron chi connectivity index (χ0n) is 7.35. The summed E-state index contributed by atoms with van der Waals surface area (Å²) in [4.78, 5) is 13.3. The molecule has 1 heterocycles. The number of nitrogens with two attached hydrogens (primary N) is 1. The fourth-order valence-corrected chi connectivity index (χ4v) is 1.09. The minimum Gasteiger partial charge on any atom is -0.319 e. The summed E-state index contributed by atoms with van der Waals surface area (Å²) in [5, 5.41) is 6.11. The van der Waals surface area contributed by atoms with Crippen molar-refractivity contribution >= 4 is 0 Å². The van der Waals surface area contributed by atoms with Crippen LogP contribution in [-0.4, -0.2) is 15.2 Å². The lowest BCUT2D eigenvalue weighted by atomic mass is 9.94. The summed E-state index contributed by atoms with van der Waals surface area (Å²) in [6.45, 7) is 3.94. The van der Waals surface area contributed by atoms with Crippen LogP contribution in [0.1, 0.15) is 32.5 Å². The topological polar surface area (TPSA) is 87.6 Å². The smallest absolute Gasteiger partial charge is 0.319 e. The molecule has 0 aromatic carbocycles. The van der Waals surface area contributed by atoms with Crippen molar-refractivity contribution in [2.45, 2.75) is 32.2 Å². The van der Waals surface area contributed by atoms with Crippen molar-refractivity contribution in [2.75, 3.05) is 0 Å². The number of hydrogen-bond donors (Lipinski definition) is 3. The number of aromatic amines is 2. The minimum absolute atomic E-state index is 0.304. The summed E-state index contributed by atoms with van der Waals surface area (Å²) in [7, 11) is 0. The van der Waals surface area contributed by atoms with Gasteiger partial charge in [-0.2, -0.15) is 5.10 Å². The van der Waals surface area contributed by atoms with Gasteiger partial charge in [0, 0.05) is 0 Å². The van der Waals surface area contributed by atoms with Gasteiger partial charge in [-0.05, 0) is 12.8 Å². The van der Waals surface area contributed by atoms with Gasteiger partial charge in [0.05, 0.1) is 5.54 Å². The number of nitrogens with zero attached hydrogens (tertiary/aromatic N) is 1. The Morgan fingerprint density at radius 2 is 2.08 bits per heavy atom. The number of nitrogens with one attached hydrogen (secondary N) is 2. The molecule has 5 nitrogen and oxygen atoms in total. The highest BCUT2D eigenvalue weighted by Gasteiger charge is 2.26. The maximum absolute atomic E-state index is 10.7. The molecular formula is C7H14N4O. The van der Waals surface area contributed by atoms with E-state index in [2.05, 4.69) is 15.2 Å². The molecule has 1 aromatic rings. The van der Waals surface area contributed by atoms with Crippen molar-refractivity contribution in [1.82, 2.24) is 15.2 Å². The standard InChI is InChI=1S/C7H14N4O/c1-3-7(8,4-2)5-9-6(12)11-10-5/h3-4,8H2,1-2H3,(H2,9,10,11,12). The first kappa shape index (κ1) is 8.99. The van der Waals surface area contributed by atoms with Crippen LogP contribution in [0.2, 0.25) is 0 Å². The Bertz CT molecular complexity index is 296. The van der Waals surface area contributed by atoms with Crippen LogP contribution >= 0.6 is 0 Å². The number of rotatable bonds is 3. The van der Waals surface area contributed by atoms with Gasteiger partial charge < -0.3 is 5.73 Å². The molecule has 0 fully saturated rings. The molecule has 68 valence electrons. The van der Waals surface area contributed by atoms with E-state index in [0.29, 0.717) is 5.82 Å². The third kappa shape index (κ3) is 1.40. The van der Waals surface area contributed by atoms with Crippen molar-refractivity contribution in [1.29, 1.82) is 0 Å². The average Bonchev–Trinajstić information content (AvgIpc) is 2.51. The lowest BCUT2D eigenvalue weighted by molar-refractivity contribution is 0.388. The van der Waals surface area contributed by atoms with Crippen LogP contribution < -0.4 is 11.4 Å².